The average Bonchev–Trinajstić information content (AvgIpc) is 3.06. The monoisotopic (exact) mass is 475 g/mol. The second-order valence-electron chi connectivity index (χ2n) is 9.55. The number of likely N-dealkylation sites (tertiary alicyclic amines) is 1. The SMILES string of the molecule is CCC1CCCCN1S(=O)(=O)c1ccc2c(c1)CCN2C(=O)CCC(=O)N1CCCCCC1. The van der Waals surface area contributed by atoms with Gasteiger partial charge in [0, 0.05) is 50.7 Å². The van der Waals surface area contributed by atoms with Gasteiger partial charge in [-0.1, -0.05) is 26.2 Å². The van der Waals surface area contributed by atoms with E-state index in [1.165, 1.54) is 12.8 Å². The number of fused-ring (bicyclic) bond motifs is 1. The molecule has 0 aliphatic carbocycles. The zero-order valence-corrected chi connectivity index (χ0v) is 20.6. The lowest BCUT2D eigenvalue weighted by Crippen LogP contribution is -2.43. The van der Waals surface area contributed by atoms with E-state index < -0.39 is 10.0 Å². The van der Waals surface area contributed by atoms with Crippen molar-refractivity contribution in [2.45, 2.75) is 88.5 Å². The summed E-state index contributed by atoms with van der Waals surface area (Å²) in [6.07, 6.45) is 9.21. The summed E-state index contributed by atoms with van der Waals surface area (Å²) in [7, 11) is -3.54. The molecule has 1 unspecified atom stereocenters. The normalized spacial score (nSPS) is 22.2. The van der Waals surface area contributed by atoms with Crippen molar-refractivity contribution in [3.05, 3.63) is 23.8 Å². The van der Waals surface area contributed by atoms with Gasteiger partial charge in [-0.15, -0.1) is 0 Å². The van der Waals surface area contributed by atoms with Gasteiger partial charge in [0.2, 0.25) is 21.8 Å². The van der Waals surface area contributed by atoms with Crippen LogP contribution in [0.5, 0.6) is 0 Å². The molecule has 0 spiro atoms. The summed E-state index contributed by atoms with van der Waals surface area (Å²) in [5.74, 6) is 0.00716. The summed E-state index contributed by atoms with van der Waals surface area (Å²) in [6, 6.07) is 5.23. The predicted octanol–water partition coefficient (Wildman–Crippen LogP) is 3.71. The highest BCUT2D eigenvalue weighted by Gasteiger charge is 2.34. The maximum absolute atomic E-state index is 13.3. The van der Waals surface area contributed by atoms with Gasteiger partial charge in [0.1, 0.15) is 0 Å². The Balaban J connectivity index is 1.41. The summed E-state index contributed by atoms with van der Waals surface area (Å²) < 4.78 is 28.3. The first-order chi connectivity index (χ1) is 15.9. The zero-order chi connectivity index (χ0) is 23.4. The van der Waals surface area contributed by atoms with Crippen LogP contribution >= 0.6 is 0 Å². The van der Waals surface area contributed by atoms with Crippen LogP contribution in [0.3, 0.4) is 0 Å². The minimum absolute atomic E-state index is 0.0605. The Bertz CT molecular complexity index is 970. The van der Waals surface area contributed by atoms with Crippen LogP contribution in [0, 0.1) is 0 Å². The molecule has 3 aliphatic rings. The average molecular weight is 476 g/mol. The van der Waals surface area contributed by atoms with Crippen molar-refractivity contribution in [1.82, 2.24) is 9.21 Å². The van der Waals surface area contributed by atoms with Crippen LogP contribution < -0.4 is 4.90 Å². The van der Waals surface area contributed by atoms with E-state index in [1.807, 2.05) is 11.8 Å². The third-order valence-electron chi connectivity index (χ3n) is 7.41. The van der Waals surface area contributed by atoms with Crippen molar-refractivity contribution in [1.29, 1.82) is 0 Å². The van der Waals surface area contributed by atoms with Crippen molar-refractivity contribution in [3.8, 4) is 0 Å². The van der Waals surface area contributed by atoms with Crippen LogP contribution in [0.15, 0.2) is 23.1 Å². The highest BCUT2D eigenvalue weighted by Crippen LogP contribution is 2.33. The van der Waals surface area contributed by atoms with E-state index in [0.29, 0.717) is 24.4 Å². The van der Waals surface area contributed by atoms with Crippen molar-refractivity contribution >= 4 is 27.5 Å². The Hall–Kier alpha value is -1.93. The van der Waals surface area contributed by atoms with Crippen molar-refractivity contribution in [2.75, 3.05) is 31.1 Å². The summed E-state index contributed by atoms with van der Waals surface area (Å²) in [6.45, 7) is 4.76. The standard InChI is InChI=1S/C25H37N3O4S/c1-2-21-9-5-8-17-28(21)33(31,32)22-10-11-23-20(19-22)14-18-27(23)25(30)13-12-24(29)26-15-6-3-4-7-16-26/h10-11,19,21H,2-9,12-18H2,1H3. The van der Waals surface area contributed by atoms with Gasteiger partial charge in [-0.3, -0.25) is 9.59 Å². The zero-order valence-electron chi connectivity index (χ0n) is 19.8. The van der Waals surface area contributed by atoms with Crippen molar-refractivity contribution in [3.63, 3.8) is 0 Å². The molecular weight excluding hydrogens is 438 g/mol. The second kappa shape index (κ2) is 10.6. The van der Waals surface area contributed by atoms with Crippen molar-refractivity contribution in [2.24, 2.45) is 0 Å². The molecule has 0 aromatic heterocycles. The molecule has 33 heavy (non-hydrogen) atoms. The summed E-state index contributed by atoms with van der Waals surface area (Å²) in [5.41, 5.74) is 1.68. The second-order valence-corrected chi connectivity index (χ2v) is 11.4. The summed E-state index contributed by atoms with van der Waals surface area (Å²) in [4.78, 5) is 29.4. The fourth-order valence-corrected chi connectivity index (χ4v) is 7.28. The van der Waals surface area contributed by atoms with Gasteiger partial charge in [-0.05, 0) is 62.3 Å². The van der Waals surface area contributed by atoms with E-state index >= 15 is 0 Å². The van der Waals surface area contributed by atoms with Gasteiger partial charge in [0.05, 0.1) is 4.90 Å². The maximum Gasteiger partial charge on any atom is 0.243 e. The first-order valence-corrected chi connectivity index (χ1v) is 14.1. The van der Waals surface area contributed by atoms with Gasteiger partial charge in [-0.2, -0.15) is 4.31 Å². The largest absolute Gasteiger partial charge is 0.343 e. The van der Waals surface area contributed by atoms with E-state index in [2.05, 4.69) is 0 Å². The van der Waals surface area contributed by atoms with Gasteiger partial charge in [0.25, 0.3) is 0 Å². The maximum atomic E-state index is 13.3. The molecule has 2 saturated heterocycles. The summed E-state index contributed by atoms with van der Waals surface area (Å²) >= 11 is 0. The molecule has 0 radical (unpaired) electrons. The molecule has 4 rings (SSSR count). The number of benzene rings is 1. The molecule has 2 fully saturated rings. The molecule has 0 N–H and O–H groups in total. The lowest BCUT2D eigenvalue weighted by molar-refractivity contribution is -0.133. The Kier molecular flexibility index (Phi) is 7.74. The van der Waals surface area contributed by atoms with E-state index in [4.69, 9.17) is 0 Å². The third-order valence-corrected chi connectivity index (χ3v) is 9.36. The number of piperidine rings is 1. The lowest BCUT2D eigenvalue weighted by atomic mass is 10.0. The Morgan fingerprint density at radius 2 is 1.61 bits per heavy atom. The van der Waals surface area contributed by atoms with Crippen molar-refractivity contribution < 1.29 is 18.0 Å². The Morgan fingerprint density at radius 3 is 2.33 bits per heavy atom. The van der Waals surface area contributed by atoms with Crippen LogP contribution in [-0.2, 0) is 26.0 Å². The number of anilines is 1. The summed E-state index contributed by atoms with van der Waals surface area (Å²) in [5, 5.41) is 0. The molecule has 1 atom stereocenters. The molecule has 1 aromatic carbocycles. The highest BCUT2D eigenvalue weighted by atomic mass is 32.2. The van der Waals surface area contributed by atoms with Gasteiger partial charge in [-0.25, -0.2) is 8.42 Å². The molecule has 7 nitrogen and oxygen atoms in total. The number of sulfonamides is 1. The van der Waals surface area contributed by atoms with Crippen LogP contribution in [0.2, 0.25) is 0 Å². The first kappa shape index (κ1) is 24.2. The van der Waals surface area contributed by atoms with Gasteiger partial charge in [0.15, 0.2) is 0 Å². The molecule has 3 aliphatic heterocycles. The quantitative estimate of drug-likeness (QED) is 0.628. The van der Waals surface area contributed by atoms with Gasteiger partial charge >= 0.3 is 0 Å². The third kappa shape index (κ3) is 5.27. The van der Waals surface area contributed by atoms with Crippen LogP contribution in [-0.4, -0.2) is 61.7 Å². The molecule has 8 heteroatoms. The minimum atomic E-state index is -3.54. The molecule has 1 aromatic rings. The Morgan fingerprint density at radius 1 is 0.909 bits per heavy atom. The predicted molar refractivity (Wildman–Crippen MR) is 129 cm³/mol. The van der Waals surface area contributed by atoms with E-state index in [0.717, 1.165) is 62.9 Å². The van der Waals surface area contributed by atoms with Crippen LogP contribution in [0.4, 0.5) is 5.69 Å². The molecule has 0 bridgehead atoms. The topological polar surface area (TPSA) is 78.0 Å². The number of hydrogen-bond acceptors (Lipinski definition) is 4. The number of carbonyl (C=O) groups excluding carboxylic acids is 2. The lowest BCUT2D eigenvalue weighted by Gasteiger charge is -2.34. The molecule has 3 heterocycles. The first-order valence-electron chi connectivity index (χ1n) is 12.6. The minimum Gasteiger partial charge on any atom is -0.343 e. The molecule has 0 saturated carbocycles. The number of carbonyl (C=O) groups is 2. The van der Waals surface area contributed by atoms with Gasteiger partial charge < -0.3 is 9.80 Å². The fourth-order valence-electron chi connectivity index (χ4n) is 5.46. The van der Waals surface area contributed by atoms with E-state index in [-0.39, 0.29) is 30.7 Å². The van der Waals surface area contributed by atoms with E-state index in [1.54, 1.807) is 27.4 Å². The molecule has 2 amide bonds. The molecule has 182 valence electrons. The number of nitrogens with zero attached hydrogens (tertiary/aromatic N) is 3. The van der Waals surface area contributed by atoms with E-state index in [9.17, 15) is 18.0 Å². The number of amides is 2. The number of hydrogen-bond donors (Lipinski definition) is 0. The van der Waals surface area contributed by atoms with Crippen LogP contribution in [0.25, 0.3) is 0 Å². The Labute approximate surface area is 198 Å². The number of rotatable bonds is 6. The fraction of sp³-hybridized carbons (Fsp3) is 0.680. The van der Waals surface area contributed by atoms with Crippen LogP contribution in [0.1, 0.15) is 76.7 Å². The smallest absolute Gasteiger partial charge is 0.243 e. The molecular formula is C25H37N3O4S. The highest BCUT2D eigenvalue weighted by molar-refractivity contribution is 7.89.